The Morgan fingerprint density at radius 1 is 1.53 bits per heavy atom. The van der Waals surface area contributed by atoms with Crippen molar-refractivity contribution >= 4 is 5.82 Å². The van der Waals surface area contributed by atoms with Crippen molar-refractivity contribution in [2.24, 2.45) is 0 Å². The van der Waals surface area contributed by atoms with Crippen LogP contribution in [0.15, 0.2) is 6.07 Å². The van der Waals surface area contributed by atoms with Crippen LogP contribution in [0.3, 0.4) is 0 Å². The van der Waals surface area contributed by atoms with E-state index in [0.717, 1.165) is 37.0 Å². The molecule has 2 heterocycles. The van der Waals surface area contributed by atoms with E-state index in [-0.39, 0.29) is 12.7 Å². The predicted molar refractivity (Wildman–Crippen MR) is 73.0 cm³/mol. The normalized spacial score (nSPS) is 20.5. The van der Waals surface area contributed by atoms with Crippen LogP contribution in [0.4, 0.5) is 5.82 Å². The average molecular weight is 266 g/mol. The smallest absolute Gasteiger partial charge is 0.144 e. The minimum absolute atomic E-state index is 0.0633. The summed E-state index contributed by atoms with van der Waals surface area (Å²) in [6.45, 7) is 7.85. The molecule has 0 amide bonds. The first-order valence-corrected chi connectivity index (χ1v) is 6.74. The Hall–Kier alpha value is -1.24. The fourth-order valence-electron chi connectivity index (χ4n) is 2.21. The second-order valence-electron chi connectivity index (χ2n) is 4.75. The van der Waals surface area contributed by atoms with Crippen LogP contribution < -0.4 is 5.32 Å². The van der Waals surface area contributed by atoms with Gasteiger partial charge in [-0.3, -0.25) is 4.90 Å². The van der Waals surface area contributed by atoms with Crippen LogP contribution in [-0.2, 0) is 11.3 Å². The highest BCUT2D eigenvalue weighted by molar-refractivity contribution is 5.35. The van der Waals surface area contributed by atoms with Gasteiger partial charge >= 0.3 is 0 Å². The lowest BCUT2D eigenvalue weighted by atomic mass is 10.3. The summed E-state index contributed by atoms with van der Waals surface area (Å²) in [5, 5.41) is 12.4. The van der Waals surface area contributed by atoms with E-state index in [9.17, 15) is 0 Å². The van der Waals surface area contributed by atoms with Gasteiger partial charge < -0.3 is 15.2 Å². The lowest BCUT2D eigenvalue weighted by Gasteiger charge is -2.31. The molecule has 2 rings (SSSR count). The highest BCUT2D eigenvalue weighted by Crippen LogP contribution is 2.11. The van der Waals surface area contributed by atoms with Gasteiger partial charge in [0.1, 0.15) is 11.6 Å². The zero-order valence-electron chi connectivity index (χ0n) is 11.6. The zero-order valence-corrected chi connectivity index (χ0v) is 11.6. The number of ether oxygens (including phenoxy) is 1. The Morgan fingerprint density at radius 3 is 3.11 bits per heavy atom. The standard InChI is InChI=1S/C13H22N4O2/c1-3-14-12-6-10(2)15-13(16-12)8-17-4-5-19-11(7-17)9-18/h6,11,18H,3-5,7-9H2,1-2H3,(H,14,15,16). The first kappa shape index (κ1) is 14.2. The van der Waals surface area contributed by atoms with Crippen LogP contribution in [0.1, 0.15) is 18.4 Å². The Balaban J connectivity index is 2.01. The molecule has 106 valence electrons. The van der Waals surface area contributed by atoms with Gasteiger partial charge in [-0.25, -0.2) is 9.97 Å². The highest BCUT2D eigenvalue weighted by atomic mass is 16.5. The summed E-state index contributed by atoms with van der Waals surface area (Å²) in [5.74, 6) is 1.69. The van der Waals surface area contributed by atoms with E-state index >= 15 is 0 Å². The number of anilines is 1. The molecule has 0 aliphatic carbocycles. The summed E-state index contributed by atoms with van der Waals surface area (Å²) in [4.78, 5) is 11.2. The summed E-state index contributed by atoms with van der Waals surface area (Å²) in [5.41, 5.74) is 0.966. The van der Waals surface area contributed by atoms with E-state index in [4.69, 9.17) is 9.84 Å². The maximum absolute atomic E-state index is 9.14. The zero-order chi connectivity index (χ0) is 13.7. The van der Waals surface area contributed by atoms with Gasteiger partial charge in [-0.2, -0.15) is 0 Å². The molecule has 1 fully saturated rings. The molecule has 1 aliphatic heterocycles. The van der Waals surface area contributed by atoms with Crippen LogP contribution in [0.2, 0.25) is 0 Å². The molecule has 6 heteroatoms. The molecule has 1 aromatic rings. The van der Waals surface area contributed by atoms with E-state index in [1.807, 2.05) is 19.9 Å². The quantitative estimate of drug-likeness (QED) is 0.804. The lowest BCUT2D eigenvalue weighted by Crippen LogP contribution is -2.43. The number of hydrogen-bond donors (Lipinski definition) is 2. The molecule has 1 atom stereocenters. The van der Waals surface area contributed by atoms with E-state index < -0.39 is 0 Å². The van der Waals surface area contributed by atoms with Crippen molar-refractivity contribution in [3.63, 3.8) is 0 Å². The number of hydrogen-bond acceptors (Lipinski definition) is 6. The number of aryl methyl sites for hydroxylation is 1. The van der Waals surface area contributed by atoms with Gasteiger partial charge in [-0.1, -0.05) is 0 Å². The van der Waals surface area contributed by atoms with Crippen molar-refractivity contribution in [2.75, 3.05) is 38.2 Å². The molecule has 0 aromatic carbocycles. The number of morpholine rings is 1. The number of rotatable bonds is 5. The summed E-state index contributed by atoms with van der Waals surface area (Å²) in [7, 11) is 0. The third kappa shape index (κ3) is 4.12. The molecule has 2 N–H and O–H groups in total. The fourth-order valence-corrected chi connectivity index (χ4v) is 2.21. The SMILES string of the molecule is CCNc1cc(C)nc(CN2CCOC(CO)C2)n1. The largest absolute Gasteiger partial charge is 0.394 e. The van der Waals surface area contributed by atoms with Crippen molar-refractivity contribution in [3.8, 4) is 0 Å². The minimum atomic E-state index is -0.0909. The Kier molecular flexibility index (Phi) is 5.07. The number of nitrogens with one attached hydrogen (secondary N) is 1. The first-order valence-electron chi connectivity index (χ1n) is 6.74. The van der Waals surface area contributed by atoms with Crippen LogP contribution in [0.5, 0.6) is 0 Å². The highest BCUT2D eigenvalue weighted by Gasteiger charge is 2.20. The van der Waals surface area contributed by atoms with Crippen molar-refractivity contribution in [1.29, 1.82) is 0 Å². The van der Waals surface area contributed by atoms with Crippen molar-refractivity contribution in [3.05, 3.63) is 17.6 Å². The molecular formula is C13H22N4O2. The van der Waals surface area contributed by atoms with Gasteiger partial charge in [0.2, 0.25) is 0 Å². The molecule has 1 saturated heterocycles. The van der Waals surface area contributed by atoms with Crippen molar-refractivity contribution in [2.45, 2.75) is 26.5 Å². The monoisotopic (exact) mass is 266 g/mol. The second kappa shape index (κ2) is 6.79. The Morgan fingerprint density at radius 2 is 2.37 bits per heavy atom. The van der Waals surface area contributed by atoms with Gasteiger partial charge in [0, 0.05) is 31.4 Å². The summed E-state index contributed by atoms with van der Waals surface area (Å²) < 4.78 is 5.44. The molecule has 6 nitrogen and oxygen atoms in total. The van der Waals surface area contributed by atoms with Gasteiger partial charge in [0.25, 0.3) is 0 Å². The average Bonchev–Trinajstić information content (AvgIpc) is 2.38. The maximum Gasteiger partial charge on any atom is 0.144 e. The summed E-state index contributed by atoms with van der Waals surface area (Å²) >= 11 is 0. The second-order valence-corrected chi connectivity index (χ2v) is 4.75. The summed E-state index contributed by atoms with van der Waals surface area (Å²) in [6, 6.07) is 1.95. The number of nitrogens with zero attached hydrogens (tertiary/aromatic N) is 3. The maximum atomic E-state index is 9.14. The van der Waals surface area contributed by atoms with E-state index in [1.54, 1.807) is 0 Å². The predicted octanol–water partition coefficient (Wildman–Crippen LogP) is 0.410. The molecule has 1 unspecified atom stereocenters. The molecule has 0 bridgehead atoms. The van der Waals surface area contributed by atoms with Crippen LogP contribution in [0, 0.1) is 6.92 Å². The fraction of sp³-hybridized carbons (Fsp3) is 0.692. The van der Waals surface area contributed by atoms with E-state index in [1.165, 1.54) is 0 Å². The Labute approximate surface area is 113 Å². The Bertz CT molecular complexity index is 414. The lowest BCUT2D eigenvalue weighted by molar-refractivity contribution is -0.0556. The molecule has 1 aliphatic rings. The first-order chi connectivity index (χ1) is 9.21. The summed E-state index contributed by atoms with van der Waals surface area (Å²) in [6.07, 6.45) is -0.0909. The third-order valence-electron chi connectivity index (χ3n) is 3.05. The van der Waals surface area contributed by atoms with E-state index in [2.05, 4.69) is 20.2 Å². The van der Waals surface area contributed by atoms with Gasteiger partial charge in [-0.15, -0.1) is 0 Å². The van der Waals surface area contributed by atoms with Gasteiger partial charge in [0.05, 0.1) is 25.9 Å². The van der Waals surface area contributed by atoms with E-state index in [0.29, 0.717) is 13.2 Å². The van der Waals surface area contributed by atoms with Crippen molar-refractivity contribution in [1.82, 2.24) is 14.9 Å². The number of aliphatic hydroxyl groups is 1. The minimum Gasteiger partial charge on any atom is -0.394 e. The van der Waals surface area contributed by atoms with Gasteiger partial charge in [-0.05, 0) is 13.8 Å². The van der Waals surface area contributed by atoms with Gasteiger partial charge in [0.15, 0.2) is 0 Å². The third-order valence-corrected chi connectivity index (χ3v) is 3.05. The molecule has 0 radical (unpaired) electrons. The topological polar surface area (TPSA) is 70.5 Å². The molecule has 0 saturated carbocycles. The molecule has 0 spiro atoms. The van der Waals surface area contributed by atoms with Crippen LogP contribution in [-0.4, -0.2) is 58.9 Å². The molecular weight excluding hydrogens is 244 g/mol. The molecule has 1 aromatic heterocycles. The van der Waals surface area contributed by atoms with Crippen LogP contribution in [0.25, 0.3) is 0 Å². The number of aromatic nitrogens is 2. The number of aliphatic hydroxyl groups excluding tert-OH is 1. The molecule has 19 heavy (non-hydrogen) atoms. The van der Waals surface area contributed by atoms with Crippen LogP contribution >= 0.6 is 0 Å². The van der Waals surface area contributed by atoms with Crippen molar-refractivity contribution < 1.29 is 9.84 Å².